The largest absolute Gasteiger partial charge is 0.341 e. The highest BCUT2D eigenvalue weighted by molar-refractivity contribution is 5.79. The van der Waals surface area contributed by atoms with Crippen LogP contribution in [0.5, 0.6) is 0 Å². The van der Waals surface area contributed by atoms with Crippen molar-refractivity contribution >= 4 is 5.91 Å². The van der Waals surface area contributed by atoms with Gasteiger partial charge in [0.1, 0.15) is 12.2 Å². The van der Waals surface area contributed by atoms with Gasteiger partial charge in [0.05, 0.1) is 0 Å². The van der Waals surface area contributed by atoms with Gasteiger partial charge in [-0.3, -0.25) is 9.69 Å². The van der Waals surface area contributed by atoms with Crippen molar-refractivity contribution in [3.63, 3.8) is 0 Å². The number of carbonyl (C=O) groups is 1. The number of rotatable bonds is 4. The summed E-state index contributed by atoms with van der Waals surface area (Å²) in [6.07, 6.45) is 6.31. The molecular weight excluding hydrogens is 266 g/mol. The van der Waals surface area contributed by atoms with Gasteiger partial charge in [0, 0.05) is 38.6 Å². The first-order valence-electron chi connectivity index (χ1n) is 8.09. The van der Waals surface area contributed by atoms with E-state index >= 15 is 0 Å². The van der Waals surface area contributed by atoms with Crippen LogP contribution in [-0.4, -0.2) is 63.2 Å². The molecule has 6 nitrogen and oxygen atoms in total. The summed E-state index contributed by atoms with van der Waals surface area (Å²) >= 11 is 0. The number of carbonyl (C=O) groups excluding carboxylic acids is 1. The normalized spacial score (nSPS) is 21.1. The van der Waals surface area contributed by atoms with Crippen molar-refractivity contribution in [2.75, 3.05) is 32.7 Å². The van der Waals surface area contributed by atoms with Gasteiger partial charge in [-0.05, 0) is 32.7 Å². The van der Waals surface area contributed by atoms with Gasteiger partial charge in [-0.15, -0.1) is 10.2 Å². The van der Waals surface area contributed by atoms with Crippen LogP contribution in [0.15, 0.2) is 6.33 Å². The Morgan fingerprint density at radius 2 is 2.05 bits per heavy atom. The lowest BCUT2D eigenvalue weighted by Gasteiger charge is -2.31. The maximum absolute atomic E-state index is 12.3. The molecule has 0 atom stereocenters. The molecule has 116 valence electrons. The number of nitrogens with zero attached hydrogens (tertiary/aromatic N) is 5. The van der Waals surface area contributed by atoms with E-state index in [-0.39, 0.29) is 0 Å². The van der Waals surface area contributed by atoms with Crippen LogP contribution in [0.4, 0.5) is 0 Å². The fourth-order valence-electron chi connectivity index (χ4n) is 3.11. The van der Waals surface area contributed by atoms with E-state index in [0.717, 1.165) is 64.4 Å². The summed E-state index contributed by atoms with van der Waals surface area (Å²) in [6, 6.07) is 0. The van der Waals surface area contributed by atoms with Crippen molar-refractivity contribution in [1.82, 2.24) is 24.6 Å². The van der Waals surface area contributed by atoms with Gasteiger partial charge in [-0.2, -0.15) is 0 Å². The fourth-order valence-corrected chi connectivity index (χ4v) is 3.11. The number of amides is 1. The number of hydrogen-bond donors (Lipinski definition) is 0. The summed E-state index contributed by atoms with van der Waals surface area (Å²) in [5.74, 6) is 1.69. The van der Waals surface area contributed by atoms with Crippen molar-refractivity contribution in [1.29, 1.82) is 0 Å². The zero-order valence-corrected chi connectivity index (χ0v) is 12.9. The maximum atomic E-state index is 12.3. The van der Waals surface area contributed by atoms with Gasteiger partial charge >= 0.3 is 0 Å². The molecule has 1 aromatic rings. The molecule has 2 heterocycles. The molecule has 3 rings (SSSR count). The van der Waals surface area contributed by atoms with Crippen LogP contribution >= 0.6 is 0 Å². The molecule has 1 amide bonds. The topological polar surface area (TPSA) is 54.3 Å². The van der Waals surface area contributed by atoms with Crippen molar-refractivity contribution in [2.45, 2.75) is 39.2 Å². The summed E-state index contributed by atoms with van der Waals surface area (Å²) in [5.41, 5.74) is 0. The van der Waals surface area contributed by atoms with Gasteiger partial charge in [-0.25, -0.2) is 0 Å². The lowest BCUT2D eigenvalue weighted by molar-refractivity contribution is -0.138. The van der Waals surface area contributed by atoms with E-state index in [1.165, 1.54) is 6.42 Å². The van der Waals surface area contributed by atoms with Crippen LogP contribution in [0.25, 0.3) is 0 Å². The zero-order valence-electron chi connectivity index (χ0n) is 12.9. The first-order valence-corrected chi connectivity index (χ1v) is 8.09. The van der Waals surface area contributed by atoms with Crippen LogP contribution in [0, 0.1) is 12.8 Å². The van der Waals surface area contributed by atoms with Crippen LogP contribution in [0.2, 0.25) is 0 Å². The van der Waals surface area contributed by atoms with E-state index in [0.29, 0.717) is 11.8 Å². The van der Waals surface area contributed by atoms with Crippen LogP contribution in [-0.2, 0) is 11.3 Å². The quantitative estimate of drug-likeness (QED) is 0.828. The van der Waals surface area contributed by atoms with Gasteiger partial charge in [0.25, 0.3) is 0 Å². The minimum absolute atomic E-state index is 0.330. The predicted octanol–water partition coefficient (Wildman–Crippen LogP) is 0.921. The van der Waals surface area contributed by atoms with Gasteiger partial charge in [0.2, 0.25) is 5.91 Å². The molecule has 6 heteroatoms. The van der Waals surface area contributed by atoms with E-state index in [4.69, 9.17) is 0 Å². The predicted molar refractivity (Wildman–Crippen MR) is 79.7 cm³/mol. The first-order chi connectivity index (χ1) is 10.2. The summed E-state index contributed by atoms with van der Waals surface area (Å²) in [6.45, 7) is 7.79. The van der Waals surface area contributed by atoms with Gasteiger partial charge in [-0.1, -0.05) is 6.42 Å². The first kappa shape index (κ1) is 14.5. The molecule has 2 aliphatic rings. The number of aryl methyl sites for hydroxylation is 1. The molecule has 21 heavy (non-hydrogen) atoms. The molecule has 2 fully saturated rings. The molecule has 0 bridgehead atoms. The molecule has 0 N–H and O–H groups in total. The third-order valence-corrected chi connectivity index (χ3v) is 4.82. The Kier molecular flexibility index (Phi) is 4.53. The smallest absolute Gasteiger partial charge is 0.225 e. The highest BCUT2D eigenvalue weighted by Crippen LogP contribution is 2.28. The molecule has 0 spiro atoms. The third-order valence-electron chi connectivity index (χ3n) is 4.82. The molecule has 0 aromatic carbocycles. The lowest BCUT2D eigenvalue weighted by Crippen LogP contribution is -2.41. The summed E-state index contributed by atoms with van der Waals surface area (Å²) < 4.78 is 2.09. The van der Waals surface area contributed by atoms with Gasteiger partial charge < -0.3 is 9.47 Å². The molecule has 0 radical (unpaired) electrons. The minimum Gasteiger partial charge on any atom is -0.341 e. The van der Waals surface area contributed by atoms with E-state index in [1.807, 2.05) is 6.92 Å². The molecule has 1 aromatic heterocycles. The Balaban J connectivity index is 1.46. The van der Waals surface area contributed by atoms with Crippen molar-refractivity contribution in [2.24, 2.45) is 5.92 Å². The highest BCUT2D eigenvalue weighted by Gasteiger charge is 2.30. The Morgan fingerprint density at radius 1 is 1.19 bits per heavy atom. The third kappa shape index (κ3) is 3.43. The summed E-state index contributed by atoms with van der Waals surface area (Å²) in [5, 5.41) is 7.93. The summed E-state index contributed by atoms with van der Waals surface area (Å²) in [4.78, 5) is 16.9. The van der Waals surface area contributed by atoms with E-state index in [9.17, 15) is 4.79 Å². The Morgan fingerprint density at radius 3 is 2.71 bits per heavy atom. The molecule has 1 aliphatic heterocycles. The highest BCUT2D eigenvalue weighted by atomic mass is 16.2. The summed E-state index contributed by atoms with van der Waals surface area (Å²) in [7, 11) is 0. The second kappa shape index (κ2) is 6.56. The monoisotopic (exact) mass is 291 g/mol. The standard InChI is InChI=1S/C15H25N5O/c1-13-17-16-12-20(13)11-9-18-6-3-7-19(10-8-18)15(21)14-4-2-5-14/h12,14H,2-11H2,1H3. The van der Waals surface area contributed by atoms with Crippen LogP contribution < -0.4 is 0 Å². The Hall–Kier alpha value is -1.43. The molecule has 1 saturated heterocycles. The molecule has 1 aliphatic carbocycles. The fraction of sp³-hybridized carbons (Fsp3) is 0.800. The van der Waals surface area contributed by atoms with E-state index < -0.39 is 0 Å². The van der Waals surface area contributed by atoms with Crippen LogP contribution in [0.1, 0.15) is 31.5 Å². The molecule has 0 unspecified atom stereocenters. The Bertz CT molecular complexity index is 482. The molecular formula is C15H25N5O. The second-order valence-electron chi connectivity index (χ2n) is 6.22. The van der Waals surface area contributed by atoms with Crippen molar-refractivity contribution in [3.05, 3.63) is 12.2 Å². The average molecular weight is 291 g/mol. The van der Waals surface area contributed by atoms with Crippen LogP contribution in [0.3, 0.4) is 0 Å². The Labute approximate surface area is 126 Å². The van der Waals surface area contributed by atoms with Gasteiger partial charge in [0.15, 0.2) is 0 Å². The van der Waals surface area contributed by atoms with E-state index in [2.05, 4.69) is 24.6 Å². The lowest BCUT2D eigenvalue weighted by atomic mass is 9.84. The second-order valence-corrected chi connectivity index (χ2v) is 6.22. The zero-order chi connectivity index (χ0) is 14.7. The number of aromatic nitrogens is 3. The maximum Gasteiger partial charge on any atom is 0.225 e. The number of hydrogen-bond acceptors (Lipinski definition) is 4. The van der Waals surface area contributed by atoms with E-state index in [1.54, 1.807) is 6.33 Å². The SMILES string of the molecule is Cc1nncn1CCN1CCCN(C(=O)C2CCC2)CC1. The van der Waals surface area contributed by atoms with Crippen molar-refractivity contribution < 1.29 is 4.79 Å². The average Bonchev–Trinajstić information content (AvgIpc) is 2.69. The molecule has 1 saturated carbocycles. The van der Waals surface area contributed by atoms with Crippen molar-refractivity contribution in [3.8, 4) is 0 Å². The minimum atomic E-state index is 0.330.